The molecule has 0 aliphatic heterocycles. The Morgan fingerprint density at radius 3 is 1.55 bits per heavy atom. The van der Waals surface area contributed by atoms with Crippen LogP contribution in [0, 0.1) is 0 Å². The van der Waals surface area contributed by atoms with Gasteiger partial charge < -0.3 is 0 Å². The molecule has 12 heteroatoms. The van der Waals surface area contributed by atoms with E-state index >= 15 is 0 Å². The average Bonchev–Trinajstić information content (AvgIpc) is 2.26. The van der Waals surface area contributed by atoms with E-state index < -0.39 is 35.7 Å². The van der Waals surface area contributed by atoms with Crippen LogP contribution in [0.2, 0.25) is 0 Å². The van der Waals surface area contributed by atoms with Gasteiger partial charge in [-0.05, 0) is 6.07 Å². The minimum Gasteiger partial charge on any atom is -0.235 e. The third kappa shape index (κ3) is 2.63. The first-order valence-corrected chi connectivity index (χ1v) is 4.44. The van der Waals surface area contributed by atoms with Crippen LogP contribution in [0.5, 0.6) is 0 Å². The number of halogens is 10. The Kier molecular flexibility index (Phi) is 3.65. The van der Waals surface area contributed by atoms with Crippen molar-refractivity contribution in [1.29, 1.82) is 0 Å². The van der Waals surface area contributed by atoms with Gasteiger partial charge in [-0.3, -0.25) is 0 Å². The van der Waals surface area contributed by atoms with Crippen molar-refractivity contribution in [3.63, 3.8) is 0 Å². The lowest BCUT2D eigenvalue weighted by Crippen LogP contribution is -2.38. The van der Waals surface area contributed by atoms with E-state index in [0.717, 1.165) is 0 Å². The largest absolute Gasteiger partial charge is 0.461 e. The molecule has 1 heterocycles. The standard InChI is InChI=1S/C8H2F10N2/c9-5(10,7(13,14)15)3-1-2-19-4(20-3)6(11,12)8(16,17)18/h1-2H. The minimum absolute atomic E-state index is 0.0447. The third-order valence-electron chi connectivity index (χ3n) is 1.97. The normalized spacial score (nSPS) is 14.5. The number of rotatable bonds is 2. The van der Waals surface area contributed by atoms with Gasteiger partial charge in [0.15, 0.2) is 0 Å². The van der Waals surface area contributed by atoms with Gasteiger partial charge in [-0.2, -0.15) is 43.9 Å². The van der Waals surface area contributed by atoms with E-state index in [2.05, 4.69) is 4.98 Å². The second kappa shape index (κ2) is 4.45. The van der Waals surface area contributed by atoms with Gasteiger partial charge in [0, 0.05) is 6.20 Å². The van der Waals surface area contributed by atoms with Crippen LogP contribution < -0.4 is 0 Å². The van der Waals surface area contributed by atoms with Crippen LogP contribution in [0.15, 0.2) is 12.3 Å². The predicted molar refractivity (Wildman–Crippen MR) is 41.9 cm³/mol. The average molecular weight is 316 g/mol. The molecule has 1 rings (SSSR count). The SMILES string of the molecule is FC(F)(F)C(F)(F)c1ccnc(C(F)(F)C(F)(F)F)n1. The molecule has 0 spiro atoms. The fourth-order valence-electron chi connectivity index (χ4n) is 0.957. The number of hydrogen-bond donors (Lipinski definition) is 0. The monoisotopic (exact) mass is 316 g/mol. The topological polar surface area (TPSA) is 25.8 Å². The molecule has 114 valence electrons. The molecule has 1 aromatic rings. The number of alkyl halides is 10. The van der Waals surface area contributed by atoms with E-state index in [0.29, 0.717) is 0 Å². The summed E-state index contributed by atoms with van der Waals surface area (Å²) < 4.78 is 123. The summed E-state index contributed by atoms with van der Waals surface area (Å²) in [6, 6.07) is -0.108. The van der Waals surface area contributed by atoms with Crippen LogP contribution in [0.3, 0.4) is 0 Å². The quantitative estimate of drug-likeness (QED) is 0.776. The molecule has 0 atom stereocenters. The van der Waals surface area contributed by atoms with Crippen molar-refractivity contribution in [1.82, 2.24) is 9.97 Å². The van der Waals surface area contributed by atoms with Crippen LogP contribution in [0.25, 0.3) is 0 Å². The Hall–Kier alpha value is -1.62. The molecule has 0 bridgehead atoms. The highest BCUT2D eigenvalue weighted by molar-refractivity contribution is 5.14. The van der Waals surface area contributed by atoms with E-state index in [1.807, 2.05) is 4.98 Å². The maximum atomic E-state index is 12.8. The first-order valence-electron chi connectivity index (χ1n) is 4.44. The molecule has 1 aromatic heterocycles. The van der Waals surface area contributed by atoms with Gasteiger partial charge in [-0.15, -0.1) is 0 Å². The predicted octanol–water partition coefficient (Wildman–Crippen LogP) is 3.78. The van der Waals surface area contributed by atoms with Gasteiger partial charge in [-0.1, -0.05) is 0 Å². The van der Waals surface area contributed by atoms with Crippen molar-refractivity contribution in [2.75, 3.05) is 0 Å². The highest BCUT2D eigenvalue weighted by Gasteiger charge is 2.63. The fraction of sp³-hybridized carbons (Fsp3) is 0.500. The Labute approximate surface area is 103 Å². The summed E-state index contributed by atoms with van der Waals surface area (Å²) in [6.07, 6.45) is -12.5. The van der Waals surface area contributed by atoms with Crippen LogP contribution in [-0.4, -0.2) is 22.3 Å². The summed E-state index contributed by atoms with van der Waals surface area (Å²) in [4.78, 5) is 4.39. The zero-order valence-electron chi connectivity index (χ0n) is 8.83. The molecule has 0 aliphatic rings. The molecule has 0 saturated carbocycles. The summed E-state index contributed by atoms with van der Waals surface area (Å²) in [5.41, 5.74) is -2.31. The zero-order valence-corrected chi connectivity index (χ0v) is 8.83. The summed E-state index contributed by atoms with van der Waals surface area (Å²) in [7, 11) is 0. The van der Waals surface area contributed by atoms with Gasteiger partial charge in [-0.25, -0.2) is 9.97 Å². The fourth-order valence-corrected chi connectivity index (χ4v) is 0.957. The summed E-state index contributed by atoms with van der Waals surface area (Å²) in [6.45, 7) is 0. The molecular weight excluding hydrogens is 314 g/mol. The lowest BCUT2D eigenvalue weighted by Gasteiger charge is -2.21. The van der Waals surface area contributed by atoms with Gasteiger partial charge >= 0.3 is 24.2 Å². The zero-order chi connectivity index (χ0) is 16.0. The Morgan fingerprint density at radius 2 is 1.15 bits per heavy atom. The van der Waals surface area contributed by atoms with E-state index in [9.17, 15) is 43.9 Å². The first-order chi connectivity index (χ1) is 8.71. The van der Waals surface area contributed by atoms with E-state index in [1.54, 1.807) is 0 Å². The van der Waals surface area contributed by atoms with Crippen molar-refractivity contribution in [2.45, 2.75) is 24.2 Å². The number of aromatic nitrogens is 2. The highest BCUT2D eigenvalue weighted by atomic mass is 19.4. The van der Waals surface area contributed by atoms with Crippen molar-refractivity contribution in [3.05, 3.63) is 23.8 Å². The Balaban J connectivity index is 3.36. The minimum atomic E-state index is -6.24. The van der Waals surface area contributed by atoms with Crippen LogP contribution in [0.1, 0.15) is 11.5 Å². The molecule has 0 aromatic carbocycles. The lowest BCUT2D eigenvalue weighted by atomic mass is 10.2. The lowest BCUT2D eigenvalue weighted by molar-refractivity contribution is -0.296. The number of hydrogen-bond acceptors (Lipinski definition) is 2. The molecule has 0 radical (unpaired) electrons. The second-order valence-electron chi connectivity index (χ2n) is 3.41. The van der Waals surface area contributed by atoms with Crippen LogP contribution in [0.4, 0.5) is 43.9 Å². The molecular formula is C8H2F10N2. The van der Waals surface area contributed by atoms with Crippen molar-refractivity contribution in [2.24, 2.45) is 0 Å². The van der Waals surface area contributed by atoms with Crippen LogP contribution in [-0.2, 0) is 11.8 Å². The molecule has 20 heavy (non-hydrogen) atoms. The molecule has 0 aliphatic carbocycles. The van der Waals surface area contributed by atoms with Crippen LogP contribution >= 0.6 is 0 Å². The maximum Gasteiger partial charge on any atom is 0.461 e. The molecule has 0 saturated heterocycles. The molecule has 0 unspecified atom stereocenters. The van der Waals surface area contributed by atoms with Gasteiger partial charge in [0.2, 0.25) is 5.82 Å². The van der Waals surface area contributed by atoms with Gasteiger partial charge in [0.25, 0.3) is 0 Å². The van der Waals surface area contributed by atoms with Gasteiger partial charge in [0.05, 0.1) is 0 Å². The van der Waals surface area contributed by atoms with Crippen molar-refractivity contribution >= 4 is 0 Å². The summed E-state index contributed by atoms with van der Waals surface area (Å²) >= 11 is 0. The Bertz CT molecular complexity index is 448. The molecule has 0 N–H and O–H groups in total. The first kappa shape index (κ1) is 16.4. The second-order valence-corrected chi connectivity index (χ2v) is 3.41. The van der Waals surface area contributed by atoms with E-state index in [1.165, 1.54) is 0 Å². The van der Waals surface area contributed by atoms with Crippen molar-refractivity contribution in [3.8, 4) is 0 Å². The van der Waals surface area contributed by atoms with Gasteiger partial charge in [0.1, 0.15) is 5.69 Å². The molecule has 2 nitrogen and oxygen atoms in total. The smallest absolute Gasteiger partial charge is 0.235 e. The van der Waals surface area contributed by atoms with Crippen molar-refractivity contribution < 1.29 is 43.9 Å². The molecule has 0 amide bonds. The van der Waals surface area contributed by atoms with E-state index in [-0.39, 0.29) is 12.3 Å². The molecule has 0 fully saturated rings. The maximum absolute atomic E-state index is 12.8. The Morgan fingerprint density at radius 1 is 0.700 bits per heavy atom. The summed E-state index contributed by atoms with van der Waals surface area (Å²) in [5.74, 6) is -13.9. The van der Waals surface area contributed by atoms with E-state index in [4.69, 9.17) is 0 Å². The summed E-state index contributed by atoms with van der Waals surface area (Å²) in [5, 5.41) is 0. The third-order valence-corrected chi connectivity index (χ3v) is 1.97. The number of nitrogens with zero attached hydrogens (tertiary/aromatic N) is 2. The highest BCUT2D eigenvalue weighted by Crippen LogP contribution is 2.45.